The van der Waals surface area contributed by atoms with Gasteiger partial charge in [0.2, 0.25) is 10.4 Å². The fourth-order valence-electron chi connectivity index (χ4n) is 1.47. The Balaban J connectivity index is 2.95. The highest BCUT2D eigenvalue weighted by Crippen LogP contribution is 2.25. The number of aliphatic hydroxyl groups excluding tert-OH is 2. The van der Waals surface area contributed by atoms with Crippen LogP contribution in [0.3, 0.4) is 0 Å². The molecule has 0 saturated carbocycles. The van der Waals surface area contributed by atoms with Gasteiger partial charge in [0.25, 0.3) is 0 Å². The van der Waals surface area contributed by atoms with Crippen molar-refractivity contribution >= 4 is 16.4 Å². The molecule has 0 aromatic carbocycles. The fourth-order valence-corrected chi connectivity index (χ4v) is 1.95. The van der Waals surface area contributed by atoms with Gasteiger partial charge in [0.1, 0.15) is 12.2 Å². The summed E-state index contributed by atoms with van der Waals surface area (Å²) in [5, 5.41) is 27.6. The first-order chi connectivity index (χ1) is 8.17. The second kappa shape index (κ2) is 5.44. The first kappa shape index (κ1) is 15.2. The molecule has 0 spiro atoms. The zero-order valence-corrected chi connectivity index (χ0v) is 9.81. The lowest BCUT2D eigenvalue weighted by Crippen LogP contribution is -2.61. The van der Waals surface area contributed by atoms with Gasteiger partial charge in [-0.25, -0.2) is 13.2 Å². The maximum absolute atomic E-state index is 10.7. The molecule has 0 aromatic rings. The molecule has 0 aliphatic carbocycles. The van der Waals surface area contributed by atoms with Crippen molar-refractivity contribution in [2.75, 3.05) is 7.11 Å². The molecule has 11 heteroatoms. The van der Waals surface area contributed by atoms with Crippen LogP contribution >= 0.6 is 0 Å². The summed E-state index contributed by atoms with van der Waals surface area (Å²) in [4.78, 5) is 10.7. The minimum Gasteiger partial charge on any atom is -0.726 e. The van der Waals surface area contributed by atoms with E-state index in [-0.39, 0.29) is 0 Å². The topological polar surface area (TPSA) is 163 Å². The normalized spacial score (nSPS) is 37.4. The molecule has 1 heterocycles. The molecule has 1 unspecified atom stereocenters. The molecule has 106 valence electrons. The van der Waals surface area contributed by atoms with Gasteiger partial charge in [-0.3, -0.25) is 4.18 Å². The molecule has 1 fully saturated rings. The second-order valence-electron chi connectivity index (χ2n) is 3.45. The van der Waals surface area contributed by atoms with Crippen LogP contribution in [-0.4, -0.2) is 72.1 Å². The van der Waals surface area contributed by atoms with Gasteiger partial charge in [-0.1, -0.05) is 0 Å². The Hall–Kier alpha value is -0.820. The molecule has 0 bridgehead atoms. The Morgan fingerprint density at radius 1 is 1.33 bits per heavy atom. The van der Waals surface area contributed by atoms with Gasteiger partial charge in [0.15, 0.2) is 18.5 Å². The van der Waals surface area contributed by atoms with E-state index in [1.54, 1.807) is 0 Å². The van der Waals surface area contributed by atoms with Crippen LogP contribution < -0.4 is 0 Å². The first-order valence-corrected chi connectivity index (χ1v) is 5.92. The SMILES string of the molecule is COC1O[C@H](C(=O)O)[C@@H](O)[C@H](O)[C@H]1OS(=O)(=O)[O-]. The molecular formula is C7H11O10S-. The van der Waals surface area contributed by atoms with Crippen LogP contribution in [0, 0.1) is 0 Å². The summed E-state index contributed by atoms with van der Waals surface area (Å²) in [5.74, 6) is -1.59. The van der Waals surface area contributed by atoms with Crippen molar-refractivity contribution < 1.29 is 46.7 Å². The lowest BCUT2D eigenvalue weighted by molar-refractivity contribution is -0.282. The van der Waals surface area contributed by atoms with Crippen LogP contribution in [-0.2, 0) is 28.9 Å². The van der Waals surface area contributed by atoms with Gasteiger partial charge in [-0.05, 0) is 0 Å². The number of hydrogen-bond donors (Lipinski definition) is 3. The highest BCUT2D eigenvalue weighted by molar-refractivity contribution is 7.80. The Labute approximate surface area is 102 Å². The molecule has 0 amide bonds. The Morgan fingerprint density at radius 2 is 1.89 bits per heavy atom. The third-order valence-electron chi connectivity index (χ3n) is 2.25. The first-order valence-electron chi connectivity index (χ1n) is 4.58. The maximum atomic E-state index is 10.7. The fraction of sp³-hybridized carbons (Fsp3) is 0.857. The largest absolute Gasteiger partial charge is 0.726 e. The minimum atomic E-state index is -5.19. The number of ether oxygens (including phenoxy) is 2. The Kier molecular flexibility index (Phi) is 4.61. The molecule has 1 rings (SSSR count). The van der Waals surface area contributed by atoms with Crippen molar-refractivity contribution in [1.82, 2.24) is 0 Å². The number of carboxylic acid groups (broad SMARTS) is 1. The predicted octanol–water partition coefficient (Wildman–Crippen LogP) is -2.99. The molecule has 3 N–H and O–H groups in total. The standard InChI is InChI=1S/C7H12O10S/c1-15-7-5(17-18(12,13)14)3(9)2(8)4(16-7)6(10)11/h2-5,7-9H,1H3,(H,10,11)(H,12,13,14)/p-1/t2-,3-,4-,5+,7?/m0/s1. The van der Waals surface area contributed by atoms with Gasteiger partial charge in [0, 0.05) is 7.11 Å². The Morgan fingerprint density at radius 3 is 2.28 bits per heavy atom. The van der Waals surface area contributed by atoms with Crippen molar-refractivity contribution in [3.05, 3.63) is 0 Å². The van der Waals surface area contributed by atoms with Crippen molar-refractivity contribution in [2.24, 2.45) is 0 Å². The number of methoxy groups -OCH3 is 1. The van der Waals surface area contributed by atoms with Crippen LogP contribution in [0.5, 0.6) is 0 Å². The monoisotopic (exact) mass is 287 g/mol. The molecule has 5 atom stereocenters. The summed E-state index contributed by atoms with van der Waals surface area (Å²) >= 11 is 0. The Bertz CT molecular complexity index is 402. The number of aliphatic hydroxyl groups is 2. The van der Waals surface area contributed by atoms with E-state index in [9.17, 15) is 28.0 Å². The number of carbonyl (C=O) groups is 1. The van der Waals surface area contributed by atoms with Crippen molar-refractivity contribution in [3.8, 4) is 0 Å². The second-order valence-corrected chi connectivity index (χ2v) is 4.46. The summed E-state index contributed by atoms with van der Waals surface area (Å²) in [6.45, 7) is 0. The van der Waals surface area contributed by atoms with Crippen molar-refractivity contribution in [2.45, 2.75) is 30.7 Å². The average molecular weight is 287 g/mol. The lowest BCUT2D eigenvalue weighted by Gasteiger charge is -2.39. The number of hydrogen-bond acceptors (Lipinski definition) is 9. The van der Waals surface area contributed by atoms with E-state index in [0.29, 0.717) is 0 Å². The summed E-state index contributed by atoms with van der Waals surface area (Å²) < 4.78 is 44.5. The smallest absolute Gasteiger partial charge is 0.335 e. The van der Waals surface area contributed by atoms with E-state index >= 15 is 0 Å². The summed E-state index contributed by atoms with van der Waals surface area (Å²) in [6, 6.07) is 0. The van der Waals surface area contributed by atoms with Crippen LogP contribution in [0.2, 0.25) is 0 Å². The zero-order valence-electron chi connectivity index (χ0n) is 8.99. The number of aliphatic carboxylic acids is 1. The summed E-state index contributed by atoms with van der Waals surface area (Å²) in [5.41, 5.74) is 0. The lowest BCUT2D eigenvalue weighted by atomic mass is 9.99. The highest BCUT2D eigenvalue weighted by atomic mass is 32.3. The van der Waals surface area contributed by atoms with Crippen molar-refractivity contribution in [1.29, 1.82) is 0 Å². The van der Waals surface area contributed by atoms with E-state index in [4.69, 9.17) is 5.11 Å². The molecule has 1 saturated heterocycles. The van der Waals surface area contributed by atoms with Crippen molar-refractivity contribution in [3.63, 3.8) is 0 Å². The van der Waals surface area contributed by atoms with Gasteiger partial charge in [0.05, 0.1) is 0 Å². The number of rotatable bonds is 4. The molecule has 0 aromatic heterocycles. The molecule has 0 radical (unpaired) electrons. The van der Waals surface area contributed by atoms with Crippen LogP contribution in [0.4, 0.5) is 0 Å². The van der Waals surface area contributed by atoms with Gasteiger partial charge < -0.3 is 29.3 Å². The van der Waals surface area contributed by atoms with Gasteiger partial charge in [-0.15, -0.1) is 0 Å². The molecular weight excluding hydrogens is 276 g/mol. The van der Waals surface area contributed by atoms with Crippen LogP contribution in [0.1, 0.15) is 0 Å². The van der Waals surface area contributed by atoms with Crippen LogP contribution in [0.25, 0.3) is 0 Å². The molecule has 1 aliphatic rings. The van der Waals surface area contributed by atoms with Crippen LogP contribution in [0.15, 0.2) is 0 Å². The molecule has 18 heavy (non-hydrogen) atoms. The van der Waals surface area contributed by atoms with Gasteiger partial charge in [-0.2, -0.15) is 0 Å². The van der Waals surface area contributed by atoms with E-state index in [2.05, 4.69) is 13.7 Å². The maximum Gasteiger partial charge on any atom is 0.335 e. The number of carboxylic acids is 1. The summed E-state index contributed by atoms with van der Waals surface area (Å²) in [7, 11) is -4.17. The third-order valence-corrected chi connectivity index (χ3v) is 2.71. The van der Waals surface area contributed by atoms with E-state index in [1.807, 2.05) is 0 Å². The predicted molar refractivity (Wildman–Crippen MR) is 49.9 cm³/mol. The van der Waals surface area contributed by atoms with E-state index < -0.39 is 47.1 Å². The zero-order chi connectivity index (χ0) is 14.1. The van der Waals surface area contributed by atoms with E-state index in [0.717, 1.165) is 7.11 Å². The average Bonchev–Trinajstić information content (AvgIpc) is 2.23. The molecule has 10 nitrogen and oxygen atoms in total. The summed E-state index contributed by atoms with van der Waals surface area (Å²) in [6.07, 6.45) is -9.27. The molecule has 1 aliphatic heterocycles. The highest BCUT2D eigenvalue weighted by Gasteiger charge is 2.49. The quantitative estimate of drug-likeness (QED) is 0.359. The minimum absolute atomic E-state index is 1.02. The third kappa shape index (κ3) is 3.35. The van der Waals surface area contributed by atoms with E-state index in [1.165, 1.54) is 0 Å². The van der Waals surface area contributed by atoms with Gasteiger partial charge >= 0.3 is 5.97 Å².